The third-order valence-corrected chi connectivity index (χ3v) is 3.68. The zero-order valence-corrected chi connectivity index (χ0v) is 8.73. The summed E-state index contributed by atoms with van der Waals surface area (Å²) in [6.45, 7) is 4.69. The van der Waals surface area contributed by atoms with Gasteiger partial charge in [-0.15, -0.1) is 0 Å². The van der Waals surface area contributed by atoms with Gasteiger partial charge in [-0.2, -0.15) is 0 Å². The molecule has 2 rings (SSSR count). The van der Waals surface area contributed by atoms with Crippen molar-refractivity contribution in [1.29, 1.82) is 0 Å². The summed E-state index contributed by atoms with van der Waals surface area (Å²) >= 11 is 0. The monoisotopic (exact) mass is 182 g/mol. The summed E-state index contributed by atoms with van der Waals surface area (Å²) < 4.78 is 0. The molecule has 2 heteroatoms. The van der Waals surface area contributed by atoms with E-state index in [0.29, 0.717) is 11.6 Å². The first-order valence-corrected chi connectivity index (χ1v) is 5.79. The molecule has 2 N–H and O–H groups in total. The van der Waals surface area contributed by atoms with Crippen molar-refractivity contribution in [2.75, 3.05) is 13.1 Å². The molecule has 2 fully saturated rings. The van der Waals surface area contributed by atoms with Crippen LogP contribution in [0, 0.1) is 0 Å². The molecule has 1 heterocycles. The van der Waals surface area contributed by atoms with Gasteiger partial charge in [0.15, 0.2) is 0 Å². The molecule has 0 bridgehead atoms. The van der Waals surface area contributed by atoms with Crippen LogP contribution >= 0.6 is 0 Å². The first kappa shape index (κ1) is 9.47. The summed E-state index contributed by atoms with van der Waals surface area (Å²) in [5, 5.41) is 7.41. The highest BCUT2D eigenvalue weighted by Crippen LogP contribution is 2.28. The Bertz CT molecular complexity index is 161. The van der Waals surface area contributed by atoms with Gasteiger partial charge in [0.25, 0.3) is 0 Å². The maximum absolute atomic E-state index is 3.76. The Morgan fingerprint density at radius 2 is 1.92 bits per heavy atom. The van der Waals surface area contributed by atoms with Crippen LogP contribution in [0.5, 0.6) is 0 Å². The van der Waals surface area contributed by atoms with Gasteiger partial charge in [0.1, 0.15) is 0 Å². The molecule has 2 nitrogen and oxygen atoms in total. The topological polar surface area (TPSA) is 24.1 Å². The van der Waals surface area contributed by atoms with E-state index < -0.39 is 0 Å². The molecule has 1 saturated carbocycles. The van der Waals surface area contributed by atoms with E-state index in [1.165, 1.54) is 51.6 Å². The second-order valence-corrected chi connectivity index (χ2v) is 4.84. The number of nitrogens with one attached hydrogen (secondary N) is 2. The lowest BCUT2D eigenvalue weighted by Gasteiger charge is -2.37. The van der Waals surface area contributed by atoms with Crippen LogP contribution in [0.3, 0.4) is 0 Å². The van der Waals surface area contributed by atoms with E-state index >= 15 is 0 Å². The second-order valence-electron chi connectivity index (χ2n) is 4.84. The predicted molar refractivity (Wildman–Crippen MR) is 55.9 cm³/mol. The molecule has 1 atom stereocenters. The van der Waals surface area contributed by atoms with Crippen molar-refractivity contribution in [2.45, 2.75) is 57.0 Å². The average molecular weight is 182 g/mol. The zero-order valence-electron chi connectivity index (χ0n) is 8.73. The fourth-order valence-electron chi connectivity index (χ4n) is 2.67. The molecular formula is C11H22N2. The normalized spacial score (nSPS) is 34.4. The molecule has 13 heavy (non-hydrogen) atoms. The molecule has 0 aromatic rings. The zero-order chi connectivity index (χ0) is 9.15. The van der Waals surface area contributed by atoms with Gasteiger partial charge in [-0.05, 0) is 32.7 Å². The second kappa shape index (κ2) is 3.97. The maximum Gasteiger partial charge on any atom is 0.0306 e. The van der Waals surface area contributed by atoms with Crippen molar-refractivity contribution < 1.29 is 0 Å². The molecule has 1 aliphatic heterocycles. The molecule has 76 valence electrons. The Labute approximate surface area is 81.5 Å². The van der Waals surface area contributed by atoms with E-state index in [1.807, 2.05) is 0 Å². The maximum atomic E-state index is 3.76. The minimum Gasteiger partial charge on any atom is -0.312 e. The van der Waals surface area contributed by atoms with Gasteiger partial charge >= 0.3 is 0 Å². The molecule has 1 unspecified atom stereocenters. The van der Waals surface area contributed by atoms with Crippen LogP contribution in [-0.4, -0.2) is 24.7 Å². The number of hydrogen-bond acceptors (Lipinski definition) is 2. The highest BCUT2D eigenvalue weighted by molar-refractivity contribution is 4.95. The van der Waals surface area contributed by atoms with Crippen molar-refractivity contribution in [3.05, 3.63) is 0 Å². The van der Waals surface area contributed by atoms with Gasteiger partial charge in [0.2, 0.25) is 0 Å². The summed E-state index contributed by atoms with van der Waals surface area (Å²) in [5.41, 5.74) is 0.461. The first-order valence-electron chi connectivity index (χ1n) is 5.79. The molecule has 1 saturated heterocycles. The third kappa shape index (κ3) is 2.23. The van der Waals surface area contributed by atoms with Crippen molar-refractivity contribution in [1.82, 2.24) is 10.6 Å². The van der Waals surface area contributed by atoms with Crippen molar-refractivity contribution in [2.24, 2.45) is 0 Å². The number of hydrogen-bond donors (Lipinski definition) is 2. The van der Waals surface area contributed by atoms with Gasteiger partial charge in [0, 0.05) is 18.1 Å². The predicted octanol–water partition coefficient (Wildman–Crippen LogP) is 1.66. The van der Waals surface area contributed by atoms with Gasteiger partial charge in [-0.25, -0.2) is 0 Å². The summed E-state index contributed by atoms with van der Waals surface area (Å²) in [5.74, 6) is 0. The number of rotatable bonds is 0. The van der Waals surface area contributed by atoms with Crippen molar-refractivity contribution >= 4 is 0 Å². The molecular weight excluding hydrogens is 160 g/mol. The lowest BCUT2D eigenvalue weighted by molar-refractivity contribution is 0.237. The molecule has 0 aromatic carbocycles. The molecule has 0 amide bonds. The van der Waals surface area contributed by atoms with Crippen LogP contribution in [0.1, 0.15) is 45.4 Å². The molecule has 2 aliphatic rings. The van der Waals surface area contributed by atoms with E-state index in [9.17, 15) is 0 Å². The minimum atomic E-state index is 0.461. The van der Waals surface area contributed by atoms with Crippen molar-refractivity contribution in [3.63, 3.8) is 0 Å². The Morgan fingerprint density at radius 3 is 2.69 bits per heavy atom. The van der Waals surface area contributed by atoms with Crippen LogP contribution in [0.15, 0.2) is 0 Å². The fourth-order valence-corrected chi connectivity index (χ4v) is 2.67. The standard InChI is InChI=1S/C11H22N2/c1-10-5-8-13-11(9-12-10)6-3-2-4-7-11/h10,12-13H,2-9H2,1H3. The van der Waals surface area contributed by atoms with Crippen LogP contribution in [-0.2, 0) is 0 Å². The molecule has 1 spiro atoms. The van der Waals surface area contributed by atoms with Gasteiger partial charge < -0.3 is 10.6 Å². The van der Waals surface area contributed by atoms with Crippen LogP contribution in [0.2, 0.25) is 0 Å². The van der Waals surface area contributed by atoms with Gasteiger partial charge in [0.05, 0.1) is 0 Å². The van der Waals surface area contributed by atoms with Gasteiger partial charge in [-0.3, -0.25) is 0 Å². The van der Waals surface area contributed by atoms with Gasteiger partial charge in [-0.1, -0.05) is 19.3 Å². The van der Waals surface area contributed by atoms with E-state index in [-0.39, 0.29) is 0 Å². The quantitative estimate of drug-likeness (QED) is 0.595. The summed E-state index contributed by atoms with van der Waals surface area (Å²) in [4.78, 5) is 0. The Balaban J connectivity index is 1.95. The SMILES string of the molecule is CC1CCNC2(CCCCC2)CN1. The van der Waals surface area contributed by atoms with E-state index in [4.69, 9.17) is 0 Å². The Hall–Kier alpha value is -0.0800. The molecule has 0 aromatic heterocycles. The largest absolute Gasteiger partial charge is 0.312 e. The van der Waals surface area contributed by atoms with Crippen LogP contribution in [0.25, 0.3) is 0 Å². The Kier molecular flexibility index (Phi) is 2.89. The van der Waals surface area contributed by atoms with Crippen LogP contribution in [0.4, 0.5) is 0 Å². The lowest BCUT2D eigenvalue weighted by atomic mass is 9.81. The highest BCUT2D eigenvalue weighted by Gasteiger charge is 2.32. The summed E-state index contributed by atoms with van der Waals surface area (Å²) in [6, 6.07) is 0.703. The first-order chi connectivity index (χ1) is 6.31. The van der Waals surface area contributed by atoms with E-state index in [2.05, 4.69) is 17.6 Å². The third-order valence-electron chi connectivity index (χ3n) is 3.68. The minimum absolute atomic E-state index is 0.461. The fraction of sp³-hybridized carbons (Fsp3) is 1.00. The molecule has 1 aliphatic carbocycles. The van der Waals surface area contributed by atoms with Crippen molar-refractivity contribution in [3.8, 4) is 0 Å². The smallest absolute Gasteiger partial charge is 0.0306 e. The summed E-state index contributed by atoms with van der Waals surface area (Å²) in [7, 11) is 0. The molecule has 0 radical (unpaired) electrons. The van der Waals surface area contributed by atoms with E-state index in [1.54, 1.807) is 0 Å². The average Bonchev–Trinajstić information content (AvgIpc) is 2.32. The highest BCUT2D eigenvalue weighted by atomic mass is 15.1. The lowest BCUT2D eigenvalue weighted by Crippen LogP contribution is -2.52. The summed E-state index contributed by atoms with van der Waals surface area (Å²) in [6.07, 6.45) is 8.33. The van der Waals surface area contributed by atoms with Crippen LogP contribution < -0.4 is 10.6 Å². The van der Waals surface area contributed by atoms with E-state index in [0.717, 1.165) is 0 Å². The Morgan fingerprint density at radius 1 is 1.15 bits per heavy atom.